The summed E-state index contributed by atoms with van der Waals surface area (Å²) in [5.41, 5.74) is 1.81. The first-order valence-corrected chi connectivity index (χ1v) is 7.41. The van der Waals surface area contributed by atoms with Crippen LogP contribution in [-0.2, 0) is 4.79 Å². The number of thiazole rings is 1. The predicted molar refractivity (Wildman–Crippen MR) is 87.4 cm³/mol. The largest absolute Gasteiger partial charge is 0.496 e. The van der Waals surface area contributed by atoms with E-state index < -0.39 is 5.97 Å². The highest BCUT2D eigenvalue weighted by atomic mass is 32.1. The Morgan fingerprint density at radius 2 is 2.09 bits per heavy atom. The minimum absolute atomic E-state index is 0.409. The zero-order chi connectivity index (χ0) is 15.5. The molecule has 3 aromatic rings. The second-order valence-corrected chi connectivity index (χ2v) is 5.50. The number of nitrogens with zero attached hydrogens (tertiary/aromatic N) is 1. The molecule has 0 saturated carbocycles. The van der Waals surface area contributed by atoms with Crippen molar-refractivity contribution in [1.29, 1.82) is 0 Å². The lowest BCUT2D eigenvalue weighted by Gasteiger charge is -2.08. The van der Waals surface area contributed by atoms with E-state index in [0.717, 1.165) is 26.9 Å². The summed E-state index contributed by atoms with van der Waals surface area (Å²) < 4.78 is 11.6. The van der Waals surface area contributed by atoms with Crippen molar-refractivity contribution >= 4 is 27.5 Å². The first-order valence-electron chi connectivity index (χ1n) is 6.59. The lowest BCUT2D eigenvalue weighted by atomic mass is 10.2. The van der Waals surface area contributed by atoms with Crippen LogP contribution in [0.25, 0.3) is 20.8 Å². The topological polar surface area (TPSA) is 48.4 Å². The Balaban J connectivity index is 2.02. The third-order valence-electron chi connectivity index (χ3n) is 3.08. The summed E-state index contributed by atoms with van der Waals surface area (Å²) in [5, 5.41) is 0.861. The second-order valence-electron chi connectivity index (χ2n) is 4.47. The summed E-state index contributed by atoms with van der Waals surface area (Å²) in [6.45, 7) is 3.37. The van der Waals surface area contributed by atoms with Gasteiger partial charge in [0, 0.05) is 12.1 Å². The van der Waals surface area contributed by atoms with Gasteiger partial charge in [-0.3, -0.25) is 0 Å². The van der Waals surface area contributed by atoms with Crippen molar-refractivity contribution in [2.45, 2.75) is 0 Å². The molecule has 0 unspecified atom stereocenters. The normalized spacial score (nSPS) is 10.4. The van der Waals surface area contributed by atoms with Crippen LogP contribution >= 0.6 is 11.3 Å². The van der Waals surface area contributed by atoms with Gasteiger partial charge in [-0.25, -0.2) is 9.78 Å². The number of para-hydroxylation sites is 1. The maximum Gasteiger partial charge on any atom is 0.335 e. The van der Waals surface area contributed by atoms with Crippen LogP contribution < -0.4 is 9.47 Å². The predicted octanol–water partition coefficient (Wildman–Crippen LogP) is 4.06. The molecule has 110 valence electrons. The highest BCUT2D eigenvalue weighted by Crippen LogP contribution is 2.37. The van der Waals surface area contributed by atoms with E-state index in [1.54, 1.807) is 30.6 Å². The standard InChI is InChI=1S/C17H13NO3S/c1-3-16(19)21-11-8-9-12(14(10-11)20-2)17-18-13-6-4-5-7-15(13)22-17/h3-10H,1H2,2H3. The number of benzene rings is 2. The molecule has 0 spiro atoms. The molecule has 0 N–H and O–H groups in total. The fourth-order valence-electron chi connectivity index (χ4n) is 2.06. The number of carbonyl (C=O) groups is 1. The smallest absolute Gasteiger partial charge is 0.335 e. The summed E-state index contributed by atoms with van der Waals surface area (Å²) in [4.78, 5) is 15.9. The van der Waals surface area contributed by atoms with Crippen molar-refractivity contribution in [2.75, 3.05) is 7.11 Å². The summed E-state index contributed by atoms with van der Waals surface area (Å²) in [5.74, 6) is 0.509. The molecule has 22 heavy (non-hydrogen) atoms. The SMILES string of the molecule is C=CC(=O)Oc1ccc(-c2nc3ccccc3s2)c(OC)c1. The summed E-state index contributed by atoms with van der Waals surface area (Å²) >= 11 is 1.59. The third kappa shape index (κ3) is 2.71. The van der Waals surface area contributed by atoms with Gasteiger partial charge in [0.15, 0.2) is 0 Å². The first-order chi connectivity index (χ1) is 10.7. The average molecular weight is 311 g/mol. The Hall–Kier alpha value is -2.66. The van der Waals surface area contributed by atoms with Gasteiger partial charge in [-0.05, 0) is 24.3 Å². The third-order valence-corrected chi connectivity index (χ3v) is 4.15. The molecular weight excluding hydrogens is 298 g/mol. The van der Waals surface area contributed by atoms with E-state index in [0.29, 0.717) is 11.5 Å². The van der Waals surface area contributed by atoms with Gasteiger partial charge in [-0.15, -0.1) is 11.3 Å². The van der Waals surface area contributed by atoms with Crippen LogP contribution in [-0.4, -0.2) is 18.1 Å². The number of hydrogen-bond donors (Lipinski definition) is 0. The van der Waals surface area contributed by atoms with E-state index in [9.17, 15) is 4.79 Å². The quantitative estimate of drug-likeness (QED) is 0.414. The molecule has 0 amide bonds. The molecule has 5 heteroatoms. The fourth-order valence-corrected chi connectivity index (χ4v) is 3.05. The molecule has 4 nitrogen and oxygen atoms in total. The van der Waals surface area contributed by atoms with Crippen molar-refractivity contribution in [1.82, 2.24) is 4.98 Å². The minimum Gasteiger partial charge on any atom is -0.496 e. The van der Waals surface area contributed by atoms with Crippen LogP contribution in [0, 0.1) is 0 Å². The number of ether oxygens (including phenoxy) is 2. The Kier molecular flexibility index (Phi) is 3.89. The molecule has 0 aliphatic carbocycles. The second kappa shape index (κ2) is 5.99. The number of aromatic nitrogens is 1. The fraction of sp³-hybridized carbons (Fsp3) is 0.0588. The number of esters is 1. The Labute approximate surface area is 131 Å². The van der Waals surface area contributed by atoms with Crippen LogP contribution in [0.5, 0.6) is 11.5 Å². The highest BCUT2D eigenvalue weighted by Gasteiger charge is 2.13. The van der Waals surface area contributed by atoms with Gasteiger partial charge in [-0.2, -0.15) is 0 Å². The maximum atomic E-state index is 11.3. The molecule has 3 rings (SSSR count). The lowest BCUT2D eigenvalue weighted by Crippen LogP contribution is -2.03. The highest BCUT2D eigenvalue weighted by molar-refractivity contribution is 7.21. The zero-order valence-electron chi connectivity index (χ0n) is 11.9. The summed E-state index contributed by atoms with van der Waals surface area (Å²) in [6.07, 6.45) is 1.12. The molecule has 0 bridgehead atoms. The molecular formula is C17H13NO3S. The first kappa shape index (κ1) is 14.3. The average Bonchev–Trinajstić information content (AvgIpc) is 2.98. The van der Waals surface area contributed by atoms with E-state index in [-0.39, 0.29) is 0 Å². The van der Waals surface area contributed by atoms with E-state index in [2.05, 4.69) is 11.6 Å². The van der Waals surface area contributed by atoms with E-state index in [1.807, 2.05) is 30.3 Å². The number of fused-ring (bicyclic) bond motifs is 1. The van der Waals surface area contributed by atoms with Gasteiger partial charge in [0.05, 0.1) is 22.9 Å². The van der Waals surface area contributed by atoms with E-state index >= 15 is 0 Å². The van der Waals surface area contributed by atoms with Crippen LogP contribution in [0.1, 0.15) is 0 Å². The van der Waals surface area contributed by atoms with Crippen molar-refractivity contribution in [3.63, 3.8) is 0 Å². The molecule has 0 aliphatic rings. The number of methoxy groups -OCH3 is 1. The molecule has 1 heterocycles. The van der Waals surface area contributed by atoms with Crippen molar-refractivity contribution in [2.24, 2.45) is 0 Å². The Morgan fingerprint density at radius 1 is 1.27 bits per heavy atom. The van der Waals surface area contributed by atoms with Gasteiger partial charge in [-0.1, -0.05) is 18.7 Å². The Bertz CT molecular complexity index is 821. The molecule has 0 radical (unpaired) electrons. The molecule has 0 fully saturated rings. The van der Waals surface area contributed by atoms with E-state index in [1.165, 1.54) is 0 Å². The van der Waals surface area contributed by atoms with Gasteiger partial charge in [0.1, 0.15) is 16.5 Å². The molecule has 0 saturated heterocycles. The number of carbonyl (C=O) groups excluding carboxylic acids is 1. The summed E-state index contributed by atoms with van der Waals surface area (Å²) in [6, 6.07) is 13.2. The molecule has 0 aliphatic heterocycles. The van der Waals surface area contributed by atoms with Gasteiger partial charge in [0.25, 0.3) is 0 Å². The van der Waals surface area contributed by atoms with E-state index in [4.69, 9.17) is 9.47 Å². The molecule has 2 aromatic carbocycles. The molecule has 1 aromatic heterocycles. The van der Waals surface area contributed by atoms with Crippen LogP contribution in [0.4, 0.5) is 0 Å². The van der Waals surface area contributed by atoms with Crippen LogP contribution in [0.15, 0.2) is 55.1 Å². The van der Waals surface area contributed by atoms with Gasteiger partial charge >= 0.3 is 5.97 Å². The minimum atomic E-state index is -0.505. The molecule has 0 atom stereocenters. The summed E-state index contributed by atoms with van der Waals surface area (Å²) in [7, 11) is 1.57. The van der Waals surface area contributed by atoms with Crippen molar-refractivity contribution < 1.29 is 14.3 Å². The van der Waals surface area contributed by atoms with Crippen LogP contribution in [0.2, 0.25) is 0 Å². The van der Waals surface area contributed by atoms with Crippen molar-refractivity contribution in [3.8, 4) is 22.1 Å². The number of hydrogen-bond acceptors (Lipinski definition) is 5. The monoisotopic (exact) mass is 311 g/mol. The zero-order valence-corrected chi connectivity index (χ0v) is 12.7. The lowest BCUT2D eigenvalue weighted by molar-refractivity contribution is -0.128. The van der Waals surface area contributed by atoms with Gasteiger partial charge in [0.2, 0.25) is 0 Å². The maximum absolute atomic E-state index is 11.3. The van der Waals surface area contributed by atoms with Crippen LogP contribution in [0.3, 0.4) is 0 Å². The van der Waals surface area contributed by atoms with Gasteiger partial charge < -0.3 is 9.47 Å². The van der Waals surface area contributed by atoms with Crippen molar-refractivity contribution in [3.05, 3.63) is 55.1 Å². The Morgan fingerprint density at radius 3 is 2.82 bits per heavy atom. The number of rotatable bonds is 4.